The molecule has 3 nitrogen and oxygen atoms in total. The van der Waals surface area contributed by atoms with Gasteiger partial charge in [0.25, 0.3) is 0 Å². The quantitative estimate of drug-likeness (QED) is 0.159. The molecular weight excluding hydrogens is 284 g/mol. The summed E-state index contributed by atoms with van der Waals surface area (Å²) in [6.07, 6.45) is 22.2. The molecule has 3 heteroatoms. The van der Waals surface area contributed by atoms with Crippen molar-refractivity contribution >= 4 is 6.21 Å². The van der Waals surface area contributed by atoms with Crippen LogP contribution >= 0.6 is 0 Å². The van der Waals surface area contributed by atoms with Gasteiger partial charge in [0.05, 0.1) is 6.21 Å². The summed E-state index contributed by atoms with van der Waals surface area (Å²) in [5.41, 5.74) is 0.929. The van der Waals surface area contributed by atoms with Gasteiger partial charge in [0, 0.05) is 24.1 Å². The molecule has 0 amide bonds. The molecule has 0 aliphatic heterocycles. The molecule has 0 saturated heterocycles. The third-order valence-electron chi connectivity index (χ3n) is 4.39. The first-order valence-corrected chi connectivity index (χ1v) is 9.53. The SMILES string of the molecule is CCCCCCCCCCCCCC[n+]1ccc(C=NO)cc1. The van der Waals surface area contributed by atoms with Gasteiger partial charge in [-0.25, -0.2) is 4.57 Å². The van der Waals surface area contributed by atoms with E-state index in [0.29, 0.717) is 0 Å². The molecule has 0 aliphatic rings. The van der Waals surface area contributed by atoms with Crippen molar-refractivity contribution in [2.24, 2.45) is 5.16 Å². The Bertz CT molecular complexity index is 401. The Morgan fingerprint density at radius 2 is 1.30 bits per heavy atom. The standard InChI is InChI=1S/C20H34N2O/c1-2-3-4-5-6-7-8-9-10-11-12-13-16-22-17-14-20(15-18-22)19-21-23/h14-15,17-19H,2-13,16H2,1H3/p+1. The first-order chi connectivity index (χ1) is 11.4. The molecule has 1 N–H and O–H groups in total. The number of rotatable bonds is 14. The number of unbranched alkanes of at least 4 members (excludes halogenated alkanes) is 11. The Labute approximate surface area is 142 Å². The third kappa shape index (κ3) is 10.9. The van der Waals surface area contributed by atoms with Gasteiger partial charge < -0.3 is 5.21 Å². The normalized spacial score (nSPS) is 11.3. The molecule has 0 atom stereocenters. The fourth-order valence-corrected chi connectivity index (χ4v) is 2.91. The Hall–Kier alpha value is -1.38. The average molecular weight is 320 g/mol. The van der Waals surface area contributed by atoms with Gasteiger partial charge in [-0.2, -0.15) is 0 Å². The molecule has 0 aromatic carbocycles. The first kappa shape index (κ1) is 19.7. The van der Waals surface area contributed by atoms with Crippen LogP contribution in [0.2, 0.25) is 0 Å². The predicted octanol–water partition coefficient (Wildman–Crippen LogP) is 5.48. The molecule has 0 unspecified atom stereocenters. The Morgan fingerprint density at radius 3 is 1.78 bits per heavy atom. The third-order valence-corrected chi connectivity index (χ3v) is 4.39. The molecular formula is C20H35N2O+. The maximum Gasteiger partial charge on any atom is 0.169 e. The van der Waals surface area contributed by atoms with E-state index in [1.807, 2.05) is 12.1 Å². The van der Waals surface area contributed by atoms with Crippen LogP contribution in [0.5, 0.6) is 0 Å². The van der Waals surface area contributed by atoms with E-state index in [9.17, 15) is 0 Å². The highest BCUT2D eigenvalue weighted by Gasteiger charge is 2.00. The summed E-state index contributed by atoms with van der Waals surface area (Å²) >= 11 is 0. The minimum Gasteiger partial charge on any atom is -0.411 e. The lowest BCUT2D eigenvalue weighted by Crippen LogP contribution is -2.32. The van der Waals surface area contributed by atoms with Crippen LogP contribution in [0.3, 0.4) is 0 Å². The summed E-state index contributed by atoms with van der Waals surface area (Å²) in [5, 5.41) is 11.5. The maximum absolute atomic E-state index is 8.48. The van der Waals surface area contributed by atoms with E-state index in [2.05, 4.69) is 29.0 Å². The number of pyridine rings is 1. The number of hydrogen-bond donors (Lipinski definition) is 1. The minimum atomic E-state index is 0.929. The largest absolute Gasteiger partial charge is 0.411 e. The molecule has 0 bridgehead atoms. The highest BCUT2D eigenvalue weighted by atomic mass is 16.4. The van der Waals surface area contributed by atoms with Crippen LogP contribution in [-0.2, 0) is 6.54 Å². The van der Waals surface area contributed by atoms with Crippen molar-refractivity contribution in [3.63, 3.8) is 0 Å². The van der Waals surface area contributed by atoms with E-state index >= 15 is 0 Å². The number of aromatic nitrogens is 1. The maximum atomic E-state index is 8.48. The lowest BCUT2D eigenvalue weighted by atomic mass is 10.1. The van der Waals surface area contributed by atoms with Crippen LogP contribution in [0.15, 0.2) is 29.7 Å². The van der Waals surface area contributed by atoms with Gasteiger partial charge in [-0.15, -0.1) is 0 Å². The lowest BCUT2D eigenvalue weighted by molar-refractivity contribution is -0.697. The van der Waals surface area contributed by atoms with E-state index < -0.39 is 0 Å². The van der Waals surface area contributed by atoms with Crippen molar-refractivity contribution in [2.75, 3.05) is 0 Å². The highest BCUT2D eigenvalue weighted by molar-refractivity contribution is 5.78. The molecule has 1 rings (SSSR count). The van der Waals surface area contributed by atoms with Gasteiger partial charge in [-0.3, -0.25) is 0 Å². The molecule has 0 aliphatic carbocycles. The average Bonchev–Trinajstić information content (AvgIpc) is 2.57. The van der Waals surface area contributed by atoms with E-state index in [4.69, 9.17) is 5.21 Å². The smallest absolute Gasteiger partial charge is 0.169 e. The van der Waals surface area contributed by atoms with Crippen LogP contribution < -0.4 is 4.57 Å². The summed E-state index contributed by atoms with van der Waals surface area (Å²) in [5.74, 6) is 0. The molecule has 23 heavy (non-hydrogen) atoms. The second-order valence-corrected chi connectivity index (χ2v) is 6.50. The zero-order valence-corrected chi connectivity index (χ0v) is 14.9. The second kappa shape index (κ2) is 14.2. The number of oxime groups is 1. The van der Waals surface area contributed by atoms with Gasteiger partial charge in [-0.1, -0.05) is 76.3 Å². The van der Waals surface area contributed by atoms with Crippen molar-refractivity contribution in [2.45, 2.75) is 90.5 Å². The summed E-state index contributed by atoms with van der Waals surface area (Å²) in [7, 11) is 0. The van der Waals surface area contributed by atoms with Gasteiger partial charge in [0.15, 0.2) is 12.4 Å². The molecule has 1 aromatic heterocycles. The van der Waals surface area contributed by atoms with Crippen molar-refractivity contribution in [1.82, 2.24) is 0 Å². The topological polar surface area (TPSA) is 36.5 Å². The molecule has 0 radical (unpaired) electrons. The van der Waals surface area contributed by atoms with Gasteiger partial charge in [0.2, 0.25) is 0 Å². The first-order valence-electron chi connectivity index (χ1n) is 9.53. The van der Waals surface area contributed by atoms with Gasteiger partial charge in [-0.05, 0) is 6.42 Å². The molecule has 1 aromatic rings. The van der Waals surface area contributed by atoms with Gasteiger partial charge >= 0.3 is 0 Å². The van der Waals surface area contributed by atoms with E-state index in [0.717, 1.165) is 12.1 Å². The second-order valence-electron chi connectivity index (χ2n) is 6.50. The van der Waals surface area contributed by atoms with Crippen LogP contribution in [0.25, 0.3) is 0 Å². The highest BCUT2D eigenvalue weighted by Crippen LogP contribution is 2.11. The molecule has 130 valence electrons. The summed E-state index contributed by atoms with van der Waals surface area (Å²) in [6.45, 7) is 3.35. The fraction of sp³-hybridized carbons (Fsp3) is 0.700. The Morgan fingerprint density at radius 1 is 0.826 bits per heavy atom. The fourth-order valence-electron chi connectivity index (χ4n) is 2.91. The minimum absolute atomic E-state index is 0.929. The van der Waals surface area contributed by atoms with Crippen LogP contribution in [0.1, 0.15) is 89.5 Å². The summed E-state index contributed by atoms with van der Waals surface area (Å²) in [4.78, 5) is 0. The zero-order valence-electron chi connectivity index (χ0n) is 14.9. The van der Waals surface area contributed by atoms with Crippen LogP contribution in [-0.4, -0.2) is 11.4 Å². The Balaban J connectivity index is 1.89. The van der Waals surface area contributed by atoms with Crippen LogP contribution in [0.4, 0.5) is 0 Å². The van der Waals surface area contributed by atoms with Crippen molar-refractivity contribution in [1.29, 1.82) is 0 Å². The number of aryl methyl sites for hydroxylation is 1. The molecule has 0 spiro atoms. The van der Waals surface area contributed by atoms with Crippen molar-refractivity contribution in [3.8, 4) is 0 Å². The lowest BCUT2D eigenvalue weighted by Gasteiger charge is -2.02. The Kier molecular flexibility index (Phi) is 12.2. The molecule has 0 fully saturated rings. The van der Waals surface area contributed by atoms with Gasteiger partial charge in [0.1, 0.15) is 6.54 Å². The van der Waals surface area contributed by atoms with Crippen molar-refractivity contribution < 1.29 is 9.77 Å². The van der Waals surface area contributed by atoms with E-state index in [1.165, 1.54) is 83.3 Å². The summed E-state index contributed by atoms with van der Waals surface area (Å²) in [6, 6.07) is 3.94. The monoisotopic (exact) mass is 319 g/mol. The predicted molar refractivity (Wildman–Crippen MR) is 97.1 cm³/mol. The number of nitrogens with zero attached hydrogens (tertiary/aromatic N) is 2. The van der Waals surface area contributed by atoms with E-state index in [1.54, 1.807) is 0 Å². The summed E-state index contributed by atoms with van der Waals surface area (Å²) < 4.78 is 2.20. The van der Waals surface area contributed by atoms with Crippen molar-refractivity contribution in [3.05, 3.63) is 30.1 Å². The molecule has 0 saturated carbocycles. The van der Waals surface area contributed by atoms with Crippen LogP contribution in [0, 0.1) is 0 Å². The number of hydrogen-bond acceptors (Lipinski definition) is 2. The zero-order chi connectivity index (χ0) is 16.6. The van der Waals surface area contributed by atoms with E-state index in [-0.39, 0.29) is 0 Å². The molecule has 1 heterocycles.